The minimum atomic E-state index is 0.272. The van der Waals surface area contributed by atoms with Crippen molar-refractivity contribution in [2.24, 2.45) is 17.8 Å². The molecule has 2 rings (SSSR count). The van der Waals surface area contributed by atoms with Crippen LogP contribution in [0.4, 0.5) is 0 Å². The van der Waals surface area contributed by atoms with Crippen LogP contribution in [-0.2, 0) is 11.2 Å². The Hall–Kier alpha value is -1.12. The molecule has 0 aliphatic heterocycles. The Bertz CT molecular complexity index is 456. The number of nitrogens with zero attached hydrogens (tertiary/aromatic N) is 2. The van der Waals surface area contributed by atoms with Crippen LogP contribution in [0.1, 0.15) is 71.5 Å². The van der Waals surface area contributed by atoms with Gasteiger partial charge in [-0.1, -0.05) is 20.8 Å². The van der Waals surface area contributed by atoms with Gasteiger partial charge in [0.25, 0.3) is 0 Å². The summed E-state index contributed by atoms with van der Waals surface area (Å²) in [5.41, 5.74) is 0.936. The summed E-state index contributed by atoms with van der Waals surface area (Å²) in [6.45, 7) is 8.92. The molecule has 1 heterocycles. The van der Waals surface area contributed by atoms with E-state index in [0.717, 1.165) is 36.8 Å². The summed E-state index contributed by atoms with van der Waals surface area (Å²) >= 11 is 0. The molecule has 0 spiro atoms. The van der Waals surface area contributed by atoms with Crippen molar-refractivity contribution in [1.29, 1.82) is 0 Å². The first-order chi connectivity index (χ1) is 10.0. The summed E-state index contributed by atoms with van der Waals surface area (Å²) < 4.78 is 1.98. The van der Waals surface area contributed by atoms with E-state index in [1.807, 2.05) is 16.9 Å². The highest BCUT2D eigenvalue weighted by atomic mass is 16.1. The molecule has 0 aromatic carbocycles. The molecule has 1 aliphatic carbocycles. The summed E-state index contributed by atoms with van der Waals surface area (Å²) in [6.07, 6.45) is 8.17. The van der Waals surface area contributed by atoms with Gasteiger partial charge in [-0.25, -0.2) is 0 Å². The van der Waals surface area contributed by atoms with Gasteiger partial charge in [-0.15, -0.1) is 0 Å². The molecule has 118 valence electrons. The molecule has 1 aliphatic rings. The molecule has 0 amide bonds. The first kappa shape index (κ1) is 16.3. The lowest BCUT2D eigenvalue weighted by molar-refractivity contribution is -0.123. The highest BCUT2D eigenvalue weighted by molar-refractivity contribution is 5.82. The van der Waals surface area contributed by atoms with E-state index in [4.69, 9.17) is 0 Å². The van der Waals surface area contributed by atoms with Crippen molar-refractivity contribution >= 4 is 5.78 Å². The number of Topliss-reactive ketones (excluding diaryl/α,β-unsaturated/α-hetero) is 1. The van der Waals surface area contributed by atoms with Gasteiger partial charge in [0.2, 0.25) is 0 Å². The van der Waals surface area contributed by atoms with Crippen LogP contribution in [0.15, 0.2) is 12.3 Å². The highest BCUT2D eigenvalue weighted by Crippen LogP contribution is 2.34. The van der Waals surface area contributed by atoms with E-state index < -0.39 is 0 Å². The first-order valence-electron chi connectivity index (χ1n) is 8.58. The van der Waals surface area contributed by atoms with Gasteiger partial charge in [-0.2, -0.15) is 5.10 Å². The predicted molar refractivity (Wildman–Crippen MR) is 86.2 cm³/mol. The molecule has 1 saturated carbocycles. The summed E-state index contributed by atoms with van der Waals surface area (Å²) in [7, 11) is 0. The van der Waals surface area contributed by atoms with Gasteiger partial charge in [0, 0.05) is 18.2 Å². The second kappa shape index (κ2) is 7.24. The fourth-order valence-electron chi connectivity index (χ4n) is 3.33. The van der Waals surface area contributed by atoms with Crippen LogP contribution in [0.2, 0.25) is 0 Å². The molecule has 21 heavy (non-hydrogen) atoms. The smallest absolute Gasteiger partial charge is 0.141 e. The van der Waals surface area contributed by atoms with Crippen LogP contribution >= 0.6 is 0 Å². The second-order valence-electron chi connectivity index (χ2n) is 7.04. The number of aromatic nitrogens is 2. The zero-order valence-electron chi connectivity index (χ0n) is 14.0. The fraction of sp³-hybridized carbons (Fsp3) is 0.778. The zero-order chi connectivity index (χ0) is 15.4. The monoisotopic (exact) mass is 290 g/mol. The summed E-state index contributed by atoms with van der Waals surface area (Å²) in [5.74, 6) is 2.24. The lowest BCUT2D eigenvalue weighted by Gasteiger charge is -2.30. The lowest BCUT2D eigenvalue weighted by atomic mass is 9.75. The molecule has 0 N–H and O–H groups in total. The van der Waals surface area contributed by atoms with E-state index in [9.17, 15) is 4.79 Å². The number of hydrogen-bond acceptors (Lipinski definition) is 2. The SMILES string of the molecule is CCC(C)n1ccc(CC(=O)C2CCC(C(C)C)CC2)n1. The highest BCUT2D eigenvalue weighted by Gasteiger charge is 2.27. The van der Waals surface area contributed by atoms with Crippen LogP contribution in [-0.4, -0.2) is 15.6 Å². The van der Waals surface area contributed by atoms with Crippen molar-refractivity contribution in [3.8, 4) is 0 Å². The van der Waals surface area contributed by atoms with Crippen molar-refractivity contribution in [2.75, 3.05) is 0 Å². The Labute approximate surface area is 129 Å². The molecule has 1 fully saturated rings. The minimum Gasteiger partial charge on any atom is -0.299 e. The zero-order valence-corrected chi connectivity index (χ0v) is 14.0. The van der Waals surface area contributed by atoms with Crippen molar-refractivity contribution in [2.45, 2.75) is 72.3 Å². The van der Waals surface area contributed by atoms with Gasteiger partial charge >= 0.3 is 0 Å². The molecule has 0 saturated heterocycles. The standard InChI is InChI=1S/C18H30N2O/c1-5-14(4)20-11-10-17(19-20)12-18(21)16-8-6-15(7-9-16)13(2)3/h10-11,13-16H,5-9,12H2,1-4H3. The molecule has 3 nitrogen and oxygen atoms in total. The fourth-order valence-corrected chi connectivity index (χ4v) is 3.33. The van der Waals surface area contributed by atoms with Gasteiger partial charge < -0.3 is 0 Å². The lowest BCUT2D eigenvalue weighted by Crippen LogP contribution is -2.25. The molecule has 1 aromatic rings. The number of ketones is 1. The maximum Gasteiger partial charge on any atom is 0.141 e. The first-order valence-corrected chi connectivity index (χ1v) is 8.58. The number of hydrogen-bond donors (Lipinski definition) is 0. The van der Waals surface area contributed by atoms with E-state index in [2.05, 4.69) is 32.8 Å². The Morgan fingerprint density at radius 1 is 1.29 bits per heavy atom. The third-order valence-electron chi connectivity index (χ3n) is 5.23. The van der Waals surface area contributed by atoms with Crippen molar-refractivity contribution < 1.29 is 4.79 Å². The third kappa shape index (κ3) is 4.18. The summed E-state index contributed by atoms with van der Waals surface area (Å²) in [4.78, 5) is 12.4. The van der Waals surface area contributed by atoms with Gasteiger partial charge in [0.05, 0.1) is 12.1 Å². The summed E-state index contributed by atoms with van der Waals surface area (Å²) in [6, 6.07) is 2.42. The van der Waals surface area contributed by atoms with Gasteiger partial charge in [0.15, 0.2) is 0 Å². The van der Waals surface area contributed by atoms with Gasteiger partial charge in [0.1, 0.15) is 5.78 Å². The van der Waals surface area contributed by atoms with Crippen LogP contribution < -0.4 is 0 Å². The molecular formula is C18H30N2O. The van der Waals surface area contributed by atoms with E-state index in [0.29, 0.717) is 18.2 Å². The molecule has 1 atom stereocenters. The van der Waals surface area contributed by atoms with Crippen LogP contribution in [0.25, 0.3) is 0 Å². The molecular weight excluding hydrogens is 260 g/mol. The molecule has 0 radical (unpaired) electrons. The molecule has 1 unspecified atom stereocenters. The molecule has 0 bridgehead atoms. The predicted octanol–water partition coefficient (Wildman–Crippen LogP) is 4.43. The van der Waals surface area contributed by atoms with E-state index >= 15 is 0 Å². The van der Waals surface area contributed by atoms with E-state index in [1.165, 1.54) is 12.8 Å². The van der Waals surface area contributed by atoms with Crippen LogP contribution in [0.3, 0.4) is 0 Å². The van der Waals surface area contributed by atoms with Crippen LogP contribution in [0, 0.1) is 17.8 Å². The Balaban J connectivity index is 1.86. The quantitative estimate of drug-likeness (QED) is 0.777. The minimum absolute atomic E-state index is 0.272. The van der Waals surface area contributed by atoms with E-state index in [1.54, 1.807) is 0 Å². The molecule has 1 aromatic heterocycles. The largest absolute Gasteiger partial charge is 0.299 e. The number of carbonyl (C=O) groups is 1. The number of rotatable bonds is 6. The average Bonchev–Trinajstić information content (AvgIpc) is 2.95. The summed E-state index contributed by atoms with van der Waals surface area (Å²) in [5, 5.41) is 4.55. The van der Waals surface area contributed by atoms with Crippen LogP contribution in [0.5, 0.6) is 0 Å². The maximum atomic E-state index is 12.4. The van der Waals surface area contributed by atoms with Crippen molar-refractivity contribution in [3.05, 3.63) is 18.0 Å². The average molecular weight is 290 g/mol. The Morgan fingerprint density at radius 2 is 1.95 bits per heavy atom. The number of carbonyl (C=O) groups excluding carboxylic acids is 1. The van der Waals surface area contributed by atoms with Gasteiger partial charge in [-0.3, -0.25) is 9.48 Å². The normalized spacial score (nSPS) is 24.2. The van der Waals surface area contributed by atoms with Crippen molar-refractivity contribution in [1.82, 2.24) is 9.78 Å². The van der Waals surface area contributed by atoms with Crippen molar-refractivity contribution in [3.63, 3.8) is 0 Å². The third-order valence-corrected chi connectivity index (χ3v) is 5.23. The second-order valence-corrected chi connectivity index (χ2v) is 7.04. The van der Waals surface area contributed by atoms with Gasteiger partial charge in [-0.05, 0) is 56.9 Å². The van der Waals surface area contributed by atoms with E-state index in [-0.39, 0.29) is 5.92 Å². The topological polar surface area (TPSA) is 34.9 Å². The molecule has 3 heteroatoms. The Kier molecular flexibility index (Phi) is 5.60. The Morgan fingerprint density at radius 3 is 2.52 bits per heavy atom. The maximum absolute atomic E-state index is 12.4.